The molecular weight excluding hydrogens is 979 g/mol. The predicted molar refractivity (Wildman–Crippen MR) is 324 cm³/mol. The molecule has 0 bridgehead atoms. The number of rotatable bonds is 58. The molecular formula is C67H127NO10. The minimum atomic E-state index is -1.61. The van der Waals surface area contributed by atoms with Crippen molar-refractivity contribution in [1.29, 1.82) is 0 Å². The maximum absolute atomic E-state index is 13.4. The second kappa shape index (κ2) is 55.7. The maximum Gasteiger partial charge on any atom is 0.306 e. The van der Waals surface area contributed by atoms with Crippen molar-refractivity contribution in [1.82, 2.24) is 5.32 Å². The topological polar surface area (TPSA) is 175 Å². The lowest BCUT2D eigenvalue weighted by atomic mass is 9.99. The molecule has 1 fully saturated rings. The van der Waals surface area contributed by atoms with E-state index in [1.165, 1.54) is 225 Å². The summed E-state index contributed by atoms with van der Waals surface area (Å²) >= 11 is 0. The van der Waals surface area contributed by atoms with Crippen LogP contribution in [0.1, 0.15) is 329 Å². The lowest BCUT2D eigenvalue weighted by molar-refractivity contribution is -0.305. The number of amides is 1. The van der Waals surface area contributed by atoms with Gasteiger partial charge in [-0.2, -0.15) is 0 Å². The van der Waals surface area contributed by atoms with Gasteiger partial charge in [0.25, 0.3) is 0 Å². The summed E-state index contributed by atoms with van der Waals surface area (Å²) in [6, 6.07) is -1.02. The number of unbranched alkanes of at least 4 members (excludes halogenated alkanes) is 42. The highest BCUT2D eigenvalue weighted by Gasteiger charge is 2.47. The van der Waals surface area contributed by atoms with Crippen LogP contribution in [-0.2, 0) is 23.8 Å². The summed E-state index contributed by atoms with van der Waals surface area (Å²) in [5.74, 6) is -1.18. The molecule has 1 saturated heterocycles. The number of carbonyl (C=O) groups excluding carboxylic acids is 2. The summed E-state index contributed by atoms with van der Waals surface area (Å²) in [6.07, 6.45) is 55.0. The zero-order valence-electron chi connectivity index (χ0n) is 51.1. The van der Waals surface area contributed by atoms with Crippen molar-refractivity contribution in [2.75, 3.05) is 13.2 Å². The van der Waals surface area contributed by atoms with Crippen molar-refractivity contribution in [3.63, 3.8) is 0 Å². The van der Waals surface area contributed by atoms with Gasteiger partial charge in [0.05, 0.1) is 25.4 Å². The first-order valence-electron chi connectivity index (χ1n) is 33.6. The molecule has 11 heteroatoms. The lowest BCUT2D eigenvalue weighted by Crippen LogP contribution is -2.61. The molecule has 11 nitrogen and oxygen atoms in total. The fourth-order valence-corrected chi connectivity index (χ4v) is 10.8. The maximum atomic E-state index is 13.4. The summed E-state index contributed by atoms with van der Waals surface area (Å²) in [5, 5.41) is 57.1. The Morgan fingerprint density at radius 3 is 1.24 bits per heavy atom. The Balaban J connectivity index is 2.61. The van der Waals surface area contributed by atoms with Gasteiger partial charge in [-0.3, -0.25) is 9.59 Å². The van der Waals surface area contributed by atoms with E-state index < -0.39 is 67.4 Å². The van der Waals surface area contributed by atoms with E-state index in [2.05, 4.69) is 38.2 Å². The molecule has 0 aromatic carbocycles. The normalized spacial score (nSPS) is 19.0. The summed E-state index contributed by atoms with van der Waals surface area (Å²) in [4.78, 5) is 26.6. The van der Waals surface area contributed by atoms with Crippen LogP contribution in [0, 0.1) is 0 Å². The minimum Gasteiger partial charge on any atom is -0.454 e. The molecule has 1 rings (SSSR count). The van der Waals surface area contributed by atoms with E-state index in [0.717, 1.165) is 57.8 Å². The van der Waals surface area contributed by atoms with Gasteiger partial charge in [0.2, 0.25) is 5.91 Å². The molecule has 0 aromatic rings. The van der Waals surface area contributed by atoms with E-state index in [0.29, 0.717) is 19.3 Å². The fourth-order valence-electron chi connectivity index (χ4n) is 10.8. The molecule has 0 aliphatic carbocycles. The summed E-state index contributed by atoms with van der Waals surface area (Å²) in [5.41, 5.74) is 0. The van der Waals surface area contributed by atoms with Crippen molar-refractivity contribution in [3.05, 3.63) is 24.3 Å². The zero-order chi connectivity index (χ0) is 56.8. The first-order valence-corrected chi connectivity index (χ1v) is 33.6. The van der Waals surface area contributed by atoms with Crippen molar-refractivity contribution in [2.24, 2.45) is 0 Å². The Bertz CT molecular complexity index is 1360. The third-order valence-corrected chi connectivity index (χ3v) is 16.1. The standard InChI is InChI=1S/C67H127NO10/c1-4-7-10-13-16-19-22-25-27-29-30-31-32-33-35-37-40-43-46-49-52-55-62(72)78-65-64(74)63(73)61(56-69)77-67(65)76-57-58(59(70)53-50-47-44-41-38-24-21-18-15-12-9-6-3)68-66(75)60(71)54-51-48-45-42-39-36-34-28-26-23-20-17-14-11-8-5-2/h25,27,50,53,58-61,63-65,67,69-71,73-74H,4-24,26,28-49,51-52,54-57H2,1-3H3,(H,68,75)/b27-25+,53-50+. The summed E-state index contributed by atoms with van der Waals surface area (Å²) in [7, 11) is 0. The number of hydrogen-bond donors (Lipinski definition) is 6. The highest BCUT2D eigenvalue weighted by atomic mass is 16.7. The van der Waals surface area contributed by atoms with Gasteiger partial charge in [0.15, 0.2) is 12.4 Å². The Kier molecular flexibility index (Phi) is 52.9. The molecule has 0 aromatic heterocycles. The Hall–Kier alpha value is -1.86. The molecule has 0 radical (unpaired) electrons. The van der Waals surface area contributed by atoms with E-state index in [4.69, 9.17) is 14.2 Å². The first kappa shape index (κ1) is 74.2. The van der Waals surface area contributed by atoms with E-state index in [1.54, 1.807) is 6.08 Å². The number of aliphatic hydroxyl groups is 5. The van der Waals surface area contributed by atoms with Gasteiger partial charge < -0.3 is 45.1 Å². The molecule has 0 spiro atoms. The Morgan fingerprint density at radius 2 is 0.846 bits per heavy atom. The smallest absolute Gasteiger partial charge is 0.306 e. The Morgan fingerprint density at radius 1 is 0.487 bits per heavy atom. The number of ether oxygens (including phenoxy) is 3. The van der Waals surface area contributed by atoms with Gasteiger partial charge in [-0.1, -0.05) is 295 Å². The van der Waals surface area contributed by atoms with Gasteiger partial charge in [0.1, 0.15) is 24.4 Å². The van der Waals surface area contributed by atoms with Crippen molar-refractivity contribution in [3.8, 4) is 0 Å². The average molecular weight is 1110 g/mol. The number of allylic oxidation sites excluding steroid dienone is 3. The Labute approximate surface area is 480 Å². The van der Waals surface area contributed by atoms with Gasteiger partial charge in [-0.25, -0.2) is 0 Å². The van der Waals surface area contributed by atoms with E-state index in [9.17, 15) is 35.1 Å². The van der Waals surface area contributed by atoms with Gasteiger partial charge in [-0.05, 0) is 51.4 Å². The molecule has 1 amide bonds. The zero-order valence-corrected chi connectivity index (χ0v) is 51.1. The SMILES string of the molecule is CCCCCCCC/C=C/CCCCCCCCCCCCCC(=O)OC1C(OCC(NC(=O)C(O)CCCCCCCCCCCCCCCCCC)C(O)/C=C/CCCCCCCCCCCC)OC(CO)C(O)C1O. The van der Waals surface area contributed by atoms with Crippen LogP contribution in [0.15, 0.2) is 24.3 Å². The quantitative estimate of drug-likeness (QED) is 0.0195. The second-order valence-corrected chi connectivity index (χ2v) is 23.6. The highest BCUT2D eigenvalue weighted by Crippen LogP contribution is 2.26. The first-order chi connectivity index (χ1) is 38.2. The number of aliphatic hydroxyl groups excluding tert-OH is 5. The van der Waals surface area contributed by atoms with E-state index in [1.807, 2.05) is 6.08 Å². The third kappa shape index (κ3) is 42.9. The number of hydrogen-bond acceptors (Lipinski definition) is 10. The van der Waals surface area contributed by atoms with Crippen LogP contribution in [-0.4, -0.2) is 99.6 Å². The van der Waals surface area contributed by atoms with Crippen LogP contribution in [0.4, 0.5) is 0 Å². The molecule has 6 N–H and O–H groups in total. The van der Waals surface area contributed by atoms with Crippen molar-refractivity contribution in [2.45, 2.75) is 378 Å². The van der Waals surface area contributed by atoms with Crippen molar-refractivity contribution < 1.29 is 49.3 Å². The summed E-state index contributed by atoms with van der Waals surface area (Å²) in [6.45, 7) is 5.83. The third-order valence-electron chi connectivity index (χ3n) is 16.1. The molecule has 1 heterocycles. The summed E-state index contributed by atoms with van der Waals surface area (Å²) < 4.78 is 17.7. The van der Waals surface area contributed by atoms with Crippen LogP contribution >= 0.6 is 0 Å². The minimum absolute atomic E-state index is 0.127. The van der Waals surface area contributed by atoms with E-state index >= 15 is 0 Å². The van der Waals surface area contributed by atoms with Gasteiger partial charge >= 0.3 is 5.97 Å². The van der Waals surface area contributed by atoms with Crippen LogP contribution < -0.4 is 5.32 Å². The van der Waals surface area contributed by atoms with Crippen LogP contribution in [0.5, 0.6) is 0 Å². The van der Waals surface area contributed by atoms with E-state index in [-0.39, 0.29) is 13.0 Å². The largest absolute Gasteiger partial charge is 0.454 e. The molecule has 1 aliphatic rings. The molecule has 78 heavy (non-hydrogen) atoms. The second-order valence-electron chi connectivity index (χ2n) is 23.6. The van der Waals surface area contributed by atoms with Crippen LogP contribution in [0.25, 0.3) is 0 Å². The number of carbonyl (C=O) groups is 2. The predicted octanol–water partition coefficient (Wildman–Crippen LogP) is 16.5. The molecule has 460 valence electrons. The number of nitrogens with one attached hydrogen (secondary N) is 1. The fraction of sp³-hybridized carbons (Fsp3) is 0.910. The molecule has 8 atom stereocenters. The van der Waals surface area contributed by atoms with Crippen LogP contribution in [0.2, 0.25) is 0 Å². The monoisotopic (exact) mass is 1110 g/mol. The molecule has 0 saturated carbocycles. The average Bonchev–Trinajstić information content (AvgIpc) is 3.45. The van der Waals surface area contributed by atoms with Crippen molar-refractivity contribution >= 4 is 11.9 Å². The molecule has 1 aliphatic heterocycles. The number of esters is 1. The molecule has 8 unspecified atom stereocenters. The highest BCUT2D eigenvalue weighted by molar-refractivity contribution is 5.80. The lowest BCUT2D eigenvalue weighted by Gasteiger charge is -2.41. The van der Waals surface area contributed by atoms with Gasteiger partial charge in [-0.15, -0.1) is 0 Å². The van der Waals surface area contributed by atoms with Crippen LogP contribution in [0.3, 0.4) is 0 Å². The van der Waals surface area contributed by atoms with Gasteiger partial charge in [0, 0.05) is 6.42 Å².